The molecule has 35 heavy (non-hydrogen) atoms. The Morgan fingerprint density at radius 1 is 1.06 bits per heavy atom. The van der Waals surface area contributed by atoms with E-state index in [9.17, 15) is 9.59 Å². The number of fused-ring (bicyclic) bond motifs is 3. The van der Waals surface area contributed by atoms with Crippen LogP contribution in [0.15, 0.2) is 53.3 Å². The summed E-state index contributed by atoms with van der Waals surface area (Å²) < 4.78 is 14.1. The molecule has 0 bridgehead atoms. The van der Waals surface area contributed by atoms with Crippen LogP contribution in [0.25, 0.3) is 21.0 Å². The zero-order chi connectivity index (χ0) is 24.8. The zero-order valence-corrected chi connectivity index (χ0v) is 21.4. The second-order valence-corrected chi connectivity index (χ2v) is 9.47. The molecule has 2 aromatic carbocycles. The number of unbranched alkanes of at least 4 members (excludes halogenated alkanes) is 1. The van der Waals surface area contributed by atoms with Crippen molar-refractivity contribution < 1.29 is 14.3 Å². The first-order valence-electron chi connectivity index (χ1n) is 12.2. The molecule has 0 spiro atoms. The highest BCUT2D eigenvalue weighted by Gasteiger charge is 2.25. The summed E-state index contributed by atoms with van der Waals surface area (Å²) in [5, 5.41) is 4.46. The summed E-state index contributed by atoms with van der Waals surface area (Å²) in [7, 11) is 0. The number of thiophene rings is 1. The molecule has 0 atom stereocenters. The lowest BCUT2D eigenvalue weighted by Gasteiger charge is -2.12. The average Bonchev–Trinajstić information content (AvgIpc) is 3.26. The van der Waals surface area contributed by atoms with Crippen LogP contribution in [0.3, 0.4) is 0 Å². The van der Waals surface area contributed by atoms with Crippen molar-refractivity contribution in [2.75, 3.05) is 19.8 Å². The van der Waals surface area contributed by atoms with Crippen molar-refractivity contribution in [1.82, 2.24) is 9.88 Å². The Balaban J connectivity index is 1.81. The maximum absolute atomic E-state index is 13.7. The van der Waals surface area contributed by atoms with Crippen molar-refractivity contribution in [3.63, 3.8) is 0 Å². The standard InChI is InChI=1S/C28H32N2O4S/c1-4-6-15-30-22-14-10-9-13-21(22)25-23(28(30)32)24(34-17-16-33-5-2)26(35-25)27(31)29-18-20-12-8-7-11-19(20)3/h7-14H,4-6,15-18H2,1-3H3,(H,29,31). The van der Waals surface area contributed by atoms with Crippen LogP contribution in [0, 0.1) is 6.92 Å². The van der Waals surface area contributed by atoms with Crippen molar-refractivity contribution in [2.24, 2.45) is 0 Å². The molecule has 0 aliphatic carbocycles. The van der Waals surface area contributed by atoms with E-state index in [4.69, 9.17) is 9.47 Å². The number of hydrogen-bond acceptors (Lipinski definition) is 5. The van der Waals surface area contributed by atoms with Gasteiger partial charge in [-0.2, -0.15) is 0 Å². The highest BCUT2D eigenvalue weighted by molar-refractivity contribution is 7.22. The van der Waals surface area contributed by atoms with Crippen LogP contribution in [-0.4, -0.2) is 30.3 Å². The zero-order valence-electron chi connectivity index (χ0n) is 20.6. The van der Waals surface area contributed by atoms with Gasteiger partial charge in [0.15, 0.2) is 5.75 Å². The number of hydrogen-bond donors (Lipinski definition) is 1. The molecule has 0 aliphatic rings. The molecule has 4 rings (SSSR count). The molecule has 0 fully saturated rings. The Labute approximate surface area is 209 Å². The highest BCUT2D eigenvalue weighted by atomic mass is 32.1. The smallest absolute Gasteiger partial charge is 0.265 e. The highest BCUT2D eigenvalue weighted by Crippen LogP contribution is 2.39. The Hall–Kier alpha value is -3.16. The summed E-state index contributed by atoms with van der Waals surface area (Å²) in [6.45, 7) is 8.29. The Bertz CT molecular complexity index is 1390. The van der Waals surface area contributed by atoms with Gasteiger partial charge >= 0.3 is 0 Å². The minimum Gasteiger partial charge on any atom is -0.489 e. The molecule has 6 nitrogen and oxygen atoms in total. The second kappa shape index (κ2) is 11.5. The molecule has 4 aromatic rings. The van der Waals surface area contributed by atoms with Gasteiger partial charge in [0.2, 0.25) is 0 Å². The third-order valence-corrected chi connectivity index (χ3v) is 7.29. The number of nitrogens with zero attached hydrogens (tertiary/aromatic N) is 1. The topological polar surface area (TPSA) is 69.6 Å². The number of ether oxygens (including phenoxy) is 2. The minimum absolute atomic E-state index is 0.118. The molecular formula is C28H32N2O4S. The van der Waals surface area contributed by atoms with Crippen molar-refractivity contribution in [2.45, 2.75) is 46.7 Å². The van der Waals surface area contributed by atoms with Gasteiger partial charge in [-0.05, 0) is 37.5 Å². The van der Waals surface area contributed by atoms with E-state index < -0.39 is 0 Å². The van der Waals surface area contributed by atoms with Crippen molar-refractivity contribution >= 4 is 38.2 Å². The number of aryl methyl sites for hydroxylation is 2. The molecular weight excluding hydrogens is 460 g/mol. The van der Waals surface area contributed by atoms with Gasteiger partial charge in [-0.3, -0.25) is 9.59 Å². The number of carbonyl (C=O) groups excluding carboxylic acids is 1. The number of pyridine rings is 1. The van der Waals surface area contributed by atoms with Gasteiger partial charge in [0.05, 0.1) is 16.8 Å². The molecule has 184 valence electrons. The largest absolute Gasteiger partial charge is 0.489 e. The number of amides is 1. The number of para-hydroxylation sites is 1. The lowest BCUT2D eigenvalue weighted by atomic mass is 10.1. The van der Waals surface area contributed by atoms with Crippen LogP contribution in [0.4, 0.5) is 0 Å². The summed E-state index contributed by atoms with van der Waals surface area (Å²) in [5.41, 5.74) is 2.93. The number of rotatable bonds is 11. The fraction of sp³-hybridized carbons (Fsp3) is 0.357. The molecule has 2 aromatic heterocycles. The van der Waals surface area contributed by atoms with Gasteiger partial charge in [-0.25, -0.2) is 0 Å². The van der Waals surface area contributed by atoms with Crippen LogP contribution < -0.4 is 15.6 Å². The van der Waals surface area contributed by atoms with Crippen LogP contribution in [-0.2, 0) is 17.8 Å². The fourth-order valence-electron chi connectivity index (χ4n) is 4.18. The van der Waals surface area contributed by atoms with E-state index in [1.165, 1.54) is 11.3 Å². The van der Waals surface area contributed by atoms with Crippen molar-refractivity contribution in [1.29, 1.82) is 0 Å². The third kappa shape index (κ3) is 5.26. The van der Waals surface area contributed by atoms with Gasteiger partial charge in [-0.15, -0.1) is 11.3 Å². The molecule has 0 radical (unpaired) electrons. The summed E-state index contributed by atoms with van der Waals surface area (Å²) in [6.07, 6.45) is 1.87. The van der Waals surface area contributed by atoms with Crippen LogP contribution >= 0.6 is 11.3 Å². The van der Waals surface area contributed by atoms with E-state index >= 15 is 0 Å². The van der Waals surface area contributed by atoms with Crippen LogP contribution in [0.5, 0.6) is 5.75 Å². The molecule has 0 saturated carbocycles. The number of nitrogens with one attached hydrogen (secondary N) is 1. The number of carbonyl (C=O) groups is 1. The second-order valence-electron chi connectivity index (χ2n) is 8.45. The van der Waals surface area contributed by atoms with Crippen molar-refractivity contribution in [3.8, 4) is 5.75 Å². The monoisotopic (exact) mass is 492 g/mol. The summed E-state index contributed by atoms with van der Waals surface area (Å²) >= 11 is 1.32. The lowest BCUT2D eigenvalue weighted by Crippen LogP contribution is -2.24. The van der Waals surface area contributed by atoms with E-state index in [1.807, 2.05) is 66.9 Å². The minimum atomic E-state index is -0.246. The molecule has 0 saturated heterocycles. The predicted octanol–water partition coefficient (Wildman–Crippen LogP) is 5.67. The third-order valence-electron chi connectivity index (χ3n) is 6.08. The quantitative estimate of drug-likeness (QED) is 0.274. The number of benzene rings is 2. The van der Waals surface area contributed by atoms with Gasteiger partial charge in [0.1, 0.15) is 16.9 Å². The summed E-state index contributed by atoms with van der Waals surface area (Å²) in [4.78, 5) is 27.6. The van der Waals surface area contributed by atoms with Crippen LogP contribution in [0.1, 0.15) is 47.5 Å². The Kier molecular flexibility index (Phi) is 8.21. The molecule has 1 N–H and O–H groups in total. The number of aromatic nitrogens is 1. The molecule has 1 amide bonds. The molecule has 0 aliphatic heterocycles. The maximum atomic E-state index is 13.7. The first-order valence-corrected chi connectivity index (χ1v) is 13.0. The van der Waals surface area contributed by atoms with E-state index in [0.717, 1.165) is 39.6 Å². The van der Waals surface area contributed by atoms with E-state index in [2.05, 4.69) is 12.2 Å². The van der Waals surface area contributed by atoms with Gasteiger partial charge in [-0.1, -0.05) is 55.8 Å². The SMILES string of the molecule is CCCCn1c(=O)c2c(OCCOCC)c(C(=O)NCc3ccccc3C)sc2c2ccccc21. The lowest BCUT2D eigenvalue weighted by molar-refractivity contribution is 0.0940. The van der Waals surface area contributed by atoms with E-state index in [1.54, 1.807) is 0 Å². The first kappa shape index (κ1) is 24.9. The normalized spacial score (nSPS) is 11.3. The van der Waals surface area contributed by atoms with Gasteiger partial charge in [0.25, 0.3) is 11.5 Å². The maximum Gasteiger partial charge on any atom is 0.265 e. The molecule has 2 heterocycles. The van der Waals surface area contributed by atoms with Gasteiger partial charge < -0.3 is 19.4 Å². The summed E-state index contributed by atoms with van der Waals surface area (Å²) in [5.74, 6) is 0.109. The predicted molar refractivity (Wildman–Crippen MR) is 143 cm³/mol. The van der Waals surface area contributed by atoms with Crippen molar-refractivity contribution in [3.05, 3.63) is 74.9 Å². The fourth-order valence-corrected chi connectivity index (χ4v) is 5.37. The molecule has 0 unspecified atom stereocenters. The summed E-state index contributed by atoms with van der Waals surface area (Å²) in [6, 6.07) is 15.8. The first-order chi connectivity index (χ1) is 17.1. The Morgan fingerprint density at radius 3 is 2.60 bits per heavy atom. The molecule has 7 heteroatoms. The van der Waals surface area contributed by atoms with E-state index in [0.29, 0.717) is 42.3 Å². The Morgan fingerprint density at radius 2 is 1.83 bits per heavy atom. The van der Waals surface area contributed by atoms with Crippen LogP contribution in [0.2, 0.25) is 0 Å². The van der Waals surface area contributed by atoms with E-state index in [-0.39, 0.29) is 18.1 Å². The average molecular weight is 493 g/mol. The van der Waals surface area contributed by atoms with Gasteiger partial charge in [0, 0.05) is 25.1 Å².